The standard InChI is InChI=1S/C25H23N3O3S2/c1-15-4-2-5-18(12-15)31-17-10-8-16(9-11-17)26-22(29)14-32-13-21-27-24(30)23-19-6-3-7-20(19)33-25(23)28-21/h2,4-5,8-12H,3,6-7,13-14H2,1H3,(H,26,29)(H,27,28,30). The highest BCUT2D eigenvalue weighted by atomic mass is 32.2. The number of H-pyrrole nitrogens is 1. The fourth-order valence-electron chi connectivity index (χ4n) is 3.97. The maximum Gasteiger partial charge on any atom is 0.259 e. The van der Waals surface area contributed by atoms with Gasteiger partial charge in [-0.3, -0.25) is 9.59 Å². The van der Waals surface area contributed by atoms with E-state index in [1.165, 1.54) is 22.2 Å². The van der Waals surface area contributed by atoms with Crippen LogP contribution in [-0.2, 0) is 23.4 Å². The molecule has 0 spiro atoms. The Morgan fingerprint density at radius 3 is 2.85 bits per heavy atom. The first-order valence-electron chi connectivity index (χ1n) is 10.8. The third-order valence-electron chi connectivity index (χ3n) is 5.46. The maximum atomic E-state index is 12.5. The van der Waals surface area contributed by atoms with Crippen LogP contribution in [0.4, 0.5) is 5.69 Å². The fraction of sp³-hybridized carbons (Fsp3) is 0.240. The van der Waals surface area contributed by atoms with Crippen LogP contribution in [0.5, 0.6) is 11.5 Å². The summed E-state index contributed by atoms with van der Waals surface area (Å²) in [6, 6.07) is 15.1. The lowest BCUT2D eigenvalue weighted by Gasteiger charge is -2.08. The molecule has 0 atom stereocenters. The first-order chi connectivity index (χ1) is 16.0. The van der Waals surface area contributed by atoms with E-state index in [9.17, 15) is 9.59 Å². The normalized spacial score (nSPS) is 12.6. The third kappa shape index (κ3) is 4.96. The first kappa shape index (κ1) is 21.7. The van der Waals surface area contributed by atoms with Crippen molar-refractivity contribution in [1.29, 1.82) is 0 Å². The minimum atomic E-state index is -0.106. The topological polar surface area (TPSA) is 84.1 Å². The van der Waals surface area contributed by atoms with E-state index in [4.69, 9.17) is 4.74 Å². The van der Waals surface area contributed by atoms with Crippen molar-refractivity contribution in [1.82, 2.24) is 9.97 Å². The van der Waals surface area contributed by atoms with Gasteiger partial charge in [0.1, 0.15) is 22.2 Å². The van der Waals surface area contributed by atoms with E-state index < -0.39 is 0 Å². The molecule has 0 unspecified atom stereocenters. The summed E-state index contributed by atoms with van der Waals surface area (Å²) in [4.78, 5) is 34.5. The summed E-state index contributed by atoms with van der Waals surface area (Å²) < 4.78 is 5.84. The summed E-state index contributed by atoms with van der Waals surface area (Å²) in [5, 5.41) is 3.65. The molecule has 2 heterocycles. The molecule has 2 aromatic carbocycles. The highest BCUT2D eigenvalue weighted by molar-refractivity contribution is 7.99. The second kappa shape index (κ2) is 9.41. The van der Waals surface area contributed by atoms with E-state index in [0.717, 1.165) is 40.8 Å². The van der Waals surface area contributed by atoms with Crippen LogP contribution in [0.3, 0.4) is 0 Å². The highest BCUT2D eigenvalue weighted by Crippen LogP contribution is 2.34. The number of thiophene rings is 1. The number of nitrogens with zero attached hydrogens (tertiary/aromatic N) is 1. The van der Waals surface area contributed by atoms with Gasteiger partial charge in [0.2, 0.25) is 5.91 Å². The number of aromatic amines is 1. The van der Waals surface area contributed by atoms with Crippen LogP contribution in [-0.4, -0.2) is 21.6 Å². The molecule has 6 nitrogen and oxygen atoms in total. The molecule has 0 saturated heterocycles. The Morgan fingerprint density at radius 1 is 1.18 bits per heavy atom. The van der Waals surface area contributed by atoms with Gasteiger partial charge in [-0.1, -0.05) is 12.1 Å². The molecule has 1 aliphatic rings. The molecule has 0 aliphatic heterocycles. The van der Waals surface area contributed by atoms with Gasteiger partial charge in [-0.15, -0.1) is 23.1 Å². The number of amides is 1. The molecule has 1 aliphatic carbocycles. The van der Waals surface area contributed by atoms with Crippen LogP contribution < -0.4 is 15.6 Å². The van der Waals surface area contributed by atoms with Crippen molar-refractivity contribution in [2.45, 2.75) is 31.9 Å². The first-order valence-corrected chi connectivity index (χ1v) is 12.8. The smallest absolute Gasteiger partial charge is 0.259 e. The third-order valence-corrected chi connectivity index (χ3v) is 7.59. The number of anilines is 1. The molecule has 0 saturated carbocycles. The van der Waals surface area contributed by atoms with Gasteiger partial charge < -0.3 is 15.0 Å². The second-order valence-corrected chi connectivity index (χ2v) is 10.1. The SMILES string of the molecule is Cc1cccc(Oc2ccc(NC(=O)CSCc3nc4sc5c(c4c(=O)[nH]3)CCC5)cc2)c1. The molecule has 168 valence electrons. The summed E-state index contributed by atoms with van der Waals surface area (Å²) in [6.45, 7) is 2.02. The minimum absolute atomic E-state index is 0.0626. The van der Waals surface area contributed by atoms with E-state index in [2.05, 4.69) is 15.3 Å². The Bertz CT molecular complexity index is 1380. The van der Waals surface area contributed by atoms with Crippen LogP contribution in [0.1, 0.15) is 28.2 Å². The van der Waals surface area contributed by atoms with E-state index in [1.807, 2.05) is 55.5 Å². The minimum Gasteiger partial charge on any atom is -0.457 e. The van der Waals surface area contributed by atoms with Crippen LogP contribution in [0.15, 0.2) is 53.3 Å². The molecule has 8 heteroatoms. The molecule has 2 aromatic heterocycles. The molecule has 0 fully saturated rings. The van der Waals surface area contributed by atoms with Gasteiger partial charge in [-0.2, -0.15) is 0 Å². The van der Waals surface area contributed by atoms with Crippen molar-refractivity contribution in [2.75, 3.05) is 11.1 Å². The molecule has 4 aromatic rings. The summed E-state index contributed by atoms with van der Waals surface area (Å²) in [5.41, 5.74) is 2.95. The Hall–Kier alpha value is -3.10. The molecule has 0 radical (unpaired) electrons. The average Bonchev–Trinajstić information content (AvgIpc) is 3.36. The molecule has 33 heavy (non-hydrogen) atoms. The average molecular weight is 478 g/mol. The van der Waals surface area contributed by atoms with Crippen LogP contribution in [0, 0.1) is 6.92 Å². The quantitative estimate of drug-likeness (QED) is 0.370. The van der Waals surface area contributed by atoms with E-state index in [1.54, 1.807) is 11.3 Å². The summed E-state index contributed by atoms with van der Waals surface area (Å²) in [5.74, 6) is 2.74. The lowest BCUT2D eigenvalue weighted by molar-refractivity contribution is -0.113. The number of fused-ring (bicyclic) bond motifs is 3. The Kier molecular flexibility index (Phi) is 6.20. The zero-order chi connectivity index (χ0) is 22.8. The van der Waals surface area contributed by atoms with Gasteiger partial charge in [-0.05, 0) is 73.7 Å². The number of benzene rings is 2. The van der Waals surface area contributed by atoms with E-state index in [0.29, 0.717) is 23.0 Å². The number of hydrogen-bond acceptors (Lipinski definition) is 6. The largest absolute Gasteiger partial charge is 0.457 e. The van der Waals surface area contributed by atoms with E-state index in [-0.39, 0.29) is 17.2 Å². The summed E-state index contributed by atoms with van der Waals surface area (Å²) in [6.07, 6.45) is 3.12. The maximum absolute atomic E-state index is 12.5. The van der Waals surface area contributed by atoms with Crippen LogP contribution in [0.2, 0.25) is 0 Å². The van der Waals surface area contributed by atoms with Crippen molar-refractivity contribution >= 4 is 44.9 Å². The Labute approximate surface area is 199 Å². The van der Waals surface area contributed by atoms with Crippen molar-refractivity contribution in [2.24, 2.45) is 0 Å². The lowest BCUT2D eigenvalue weighted by Crippen LogP contribution is -2.15. The van der Waals surface area contributed by atoms with Crippen LogP contribution >= 0.6 is 23.1 Å². The molecule has 0 bridgehead atoms. The predicted octanol–water partition coefficient (Wildman–Crippen LogP) is 5.45. The number of thioether (sulfide) groups is 1. The van der Waals surface area contributed by atoms with Gasteiger partial charge in [0.25, 0.3) is 5.56 Å². The number of aryl methyl sites for hydroxylation is 3. The van der Waals surface area contributed by atoms with E-state index >= 15 is 0 Å². The zero-order valence-electron chi connectivity index (χ0n) is 18.1. The van der Waals surface area contributed by atoms with Crippen LogP contribution in [0.25, 0.3) is 10.2 Å². The van der Waals surface area contributed by atoms with Gasteiger partial charge >= 0.3 is 0 Å². The monoisotopic (exact) mass is 477 g/mol. The summed E-state index contributed by atoms with van der Waals surface area (Å²) >= 11 is 3.05. The number of nitrogens with one attached hydrogen (secondary N) is 2. The van der Waals surface area contributed by atoms with Crippen molar-refractivity contribution < 1.29 is 9.53 Å². The number of carbonyl (C=O) groups is 1. The molecule has 1 amide bonds. The molecular weight excluding hydrogens is 454 g/mol. The number of rotatable bonds is 7. The van der Waals surface area contributed by atoms with Gasteiger partial charge in [0, 0.05) is 10.6 Å². The molecule has 5 rings (SSSR count). The number of carbonyl (C=O) groups excluding carboxylic acids is 1. The second-order valence-electron chi connectivity index (χ2n) is 8.03. The molecular formula is C25H23N3O3S2. The fourth-order valence-corrected chi connectivity index (χ4v) is 5.94. The zero-order valence-corrected chi connectivity index (χ0v) is 19.8. The van der Waals surface area contributed by atoms with Gasteiger partial charge in [0.15, 0.2) is 0 Å². The summed E-state index contributed by atoms with van der Waals surface area (Å²) in [7, 11) is 0. The predicted molar refractivity (Wildman–Crippen MR) is 135 cm³/mol. The molecule has 2 N–H and O–H groups in total. The Balaban J connectivity index is 1.14. The van der Waals surface area contributed by atoms with Crippen molar-refractivity contribution in [3.8, 4) is 11.5 Å². The van der Waals surface area contributed by atoms with Gasteiger partial charge in [0.05, 0.1) is 16.9 Å². The van der Waals surface area contributed by atoms with Crippen molar-refractivity contribution in [3.05, 3.63) is 80.7 Å². The van der Waals surface area contributed by atoms with Crippen molar-refractivity contribution in [3.63, 3.8) is 0 Å². The lowest BCUT2D eigenvalue weighted by atomic mass is 10.2. The highest BCUT2D eigenvalue weighted by Gasteiger charge is 2.21. The number of aromatic nitrogens is 2. The Morgan fingerprint density at radius 2 is 2.03 bits per heavy atom. The van der Waals surface area contributed by atoms with Gasteiger partial charge in [-0.25, -0.2) is 4.98 Å². The number of hydrogen-bond donors (Lipinski definition) is 2. The number of ether oxygens (including phenoxy) is 1.